The number of carbonyl (C=O) groups excluding carboxylic acids is 2. The van der Waals surface area contributed by atoms with Gasteiger partial charge in [0.05, 0.1) is 12.6 Å². The second-order valence-electron chi connectivity index (χ2n) is 6.04. The highest BCUT2D eigenvalue weighted by molar-refractivity contribution is 5.95. The molecular weight excluding hydrogens is 256 g/mol. The van der Waals surface area contributed by atoms with E-state index >= 15 is 0 Å². The van der Waals surface area contributed by atoms with Gasteiger partial charge in [0.15, 0.2) is 0 Å². The van der Waals surface area contributed by atoms with E-state index in [9.17, 15) is 9.59 Å². The smallest absolute Gasteiger partial charge is 0.246 e. The van der Waals surface area contributed by atoms with Crippen molar-refractivity contribution in [1.82, 2.24) is 9.80 Å². The zero-order valence-electron chi connectivity index (χ0n) is 12.8. The summed E-state index contributed by atoms with van der Waals surface area (Å²) >= 11 is 0. The number of hydrogen-bond donors (Lipinski definition) is 0. The van der Waals surface area contributed by atoms with Crippen LogP contribution in [0.4, 0.5) is 0 Å². The number of nitrogens with zero attached hydrogens (tertiary/aromatic N) is 2. The summed E-state index contributed by atoms with van der Waals surface area (Å²) in [5.41, 5.74) is 0. The van der Waals surface area contributed by atoms with Gasteiger partial charge in [-0.3, -0.25) is 9.59 Å². The fourth-order valence-electron chi connectivity index (χ4n) is 3.15. The van der Waals surface area contributed by atoms with E-state index in [1.54, 1.807) is 9.80 Å². The number of amides is 2. The number of piperazine rings is 1. The van der Waals surface area contributed by atoms with E-state index in [0.29, 0.717) is 13.2 Å². The lowest BCUT2D eigenvalue weighted by Gasteiger charge is -2.46. The van der Waals surface area contributed by atoms with Gasteiger partial charge in [0.1, 0.15) is 12.6 Å². The Bertz CT molecular complexity index is 370. The predicted octanol–water partition coefficient (Wildman–Crippen LogP) is 1.27. The normalized spacial score (nSPS) is 25.1. The molecule has 2 amide bonds. The Morgan fingerprint density at radius 3 is 2.70 bits per heavy atom. The molecule has 2 rings (SSSR count). The quantitative estimate of drug-likeness (QED) is 0.763. The molecule has 20 heavy (non-hydrogen) atoms. The van der Waals surface area contributed by atoms with Crippen LogP contribution in [0.1, 0.15) is 40.0 Å². The van der Waals surface area contributed by atoms with Gasteiger partial charge in [-0.2, -0.15) is 0 Å². The van der Waals surface area contributed by atoms with Gasteiger partial charge < -0.3 is 14.5 Å². The molecule has 5 heteroatoms. The first-order valence-corrected chi connectivity index (χ1v) is 7.74. The van der Waals surface area contributed by atoms with Gasteiger partial charge in [-0.1, -0.05) is 13.8 Å². The molecule has 2 unspecified atom stereocenters. The molecule has 2 heterocycles. The largest absolute Gasteiger partial charge is 0.380 e. The molecule has 0 aromatic rings. The Morgan fingerprint density at radius 1 is 1.30 bits per heavy atom. The molecule has 0 aromatic carbocycles. The Balaban J connectivity index is 2.13. The van der Waals surface area contributed by atoms with E-state index in [4.69, 9.17) is 4.74 Å². The van der Waals surface area contributed by atoms with E-state index in [-0.39, 0.29) is 36.4 Å². The molecule has 2 atom stereocenters. The van der Waals surface area contributed by atoms with Crippen LogP contribution in [0.2, 0.25) is 0 Å². The maximum Gasteiger partial charge on any atom is 0.246 e. The summed E-state index contributed by atoms with van der Waals surface area (Å²) in [4.78, 5) is 28.5. The summed E-state index contributed by atoms with van der Waals surface area (Å²) in [5, 5.41) is 0. The highest BCUT2D eigenvalue weighted by Crippen LogP contribution is 2.26. The van der Waals surface area contributed by atoms with Crippen molar-refractivity contribution in [2.45, 2.75) is 52.1 Å². The van der Waals surface area contributed by atoms with Crippen molar-refractivity contribution in [2.75, 3.05) is 26.3 Å². The van der Waals surface area contributed by atoms with Crippen molar-refractivity contribution < 1.29 is 14.3 Å². The van der Waals surface area contributed by atoms with Crippen LogP contribution in [0, 0.1) is 5.92 Å². The third kappa shape index (κ3) is 2.97. The lowest BCUT2D eigenvalue weighted by molar-refractivity contribution is -0.162. The first-order valence-electron chi connectivity index (χ1n) is 7.74. The Labute approximate surface area is 121 Å². The summed E-state index contributed by atoms with van der Waals surface area (Å²) in [7, 11) is 0. The lowest BCUT2D eigenvalue weighted by Crippen LogP contribution is -2.64. The van der Waals surface area contributed by atoms with Gasteiger partial charge in [-0.25, -0.2) is 0 Å². The third-order valence-corrected chi connectivity index (χ3v) is 4.36. The van der Waals surface area contributed by atoms with Crippen LogP contribution in [-0.4, -0.2) is 60.0 Å². The van der Waals surface area contributed by atoms with Crippen molar-refractivity contribution >= 4 is 11.8 Å². The molecule has 0 aromatic heterocycles. The van der Waals surface area contributed by atoms with Gasteiger partial charge in [-0.05, 0) is 32.1 Å². The topological polar surface area (TPSA) is 49.9 Å². The molecular formula is C15H26N2O3. The van der Waals surface area contributed by atoms with Crippen LogP contribution in [0.25, 0.3) is 0 Å². The monoisotopic (exact) mass is 282 g/mol. The molecule has 2 saturated heterocycles. The molecule has 0 radical (unpaired) electrons. The Morgan fingerprint density at radius 2 is 2.05 bits per heavy atom. The fraction of sp³-hybridized carbons (Fsp3) is 0.867. The second kappa shape index (κ2) is 6.57. The predicted molar refractivity (Wildman–Crippen MR) is 76.2 cm³/mol. The van der Waals surface area contributed by atoms with Crippen LogP contribution in [0.15, 0.2) is 0 Å². The van der Waals surface area contributed by atoms with Crippen LogP contribution in [0.3, 0.4) is 0 Å². The molecule has 114 valence electrons. The van der Waals surface area contributed by atoms with Crippen LogP contribution in [-0.2, 0) is 14.3 Å². The minimum atomic E-state index is -0.229. The average molecular weight is 282 g/mol. The number of piperidine rings is 1. The number of hydrogen-bond acceptors (Lipinski definition) is 3. The molecule has 0 aliphatic carbocycles. The first-order chi connectivity index (χ1) is 9.56. The molecule has 0 N–H and O–H groups in total. The van der Waals surface area contributed by atoms with Gasteiger partial charge in [-0.15, -0.1) is 0 Å². The second-order valence-corrected chi connectivity index (χ2v) is 6.04. The molecule has 2 aliphatic rings. The summed E-state index contributed by atoms with van der Waals surface area (Å²) in [6, 6.07) is -0.233. The zero-order valence-corrected chi connectivity index (χ0v) is 12.8. The lowest BCUT2D eigenvalue weighted by atomic mass is 9.95. The maximum absolute atomic E-state index is 12.7. The first kappa shape index (κ1) is 15.3. The minimum absolute atomic E-state index is 0.00419. The minimum Gasteiger partial charge on any atom is -0.380 e. The molecule has 2 fully saturated rings. The van der Waals surface area contributed by atoms with Crippen LogP contribution in [0.5, 0.6) is 0 Å². The number of carbonyl (C=O) groups is 2. The van der Waals surface area contributed by atoms with Crippen LogP contribution < -0.4 is 0 Å². The summed E-state index contributed by atoms with van der Waals surface area (Å²) in [6.45, 7) is 8.20. The van der Waals surface area contributed by atoms with Crippen LogP contribution >= 0.6 is 0 Å². The Kier molecular flexibility index (Phi) is 5.02. The summed E-state index contributed by atoms with van der Waals surface area (Å²) < 4.78 is 5.51. The summed E-state index contributed by atoms with van der Waals surface area (Å²) in [6.07, 6.45) is 2.86. The van der Waals surface area contributed by atoms with Gasteiger partial charge in [0.25, 0.3) is 0 Å². The number of rotatable bonds is 5. The zero-order chi connectivity index (χ0) is 14.7. The van der Waals surface area contributed by atoms with Crippen molar-refractivity contribution in [3.8, 4) is 0 Å². The number of fused-ring (bicyclic) bond motifs is 1. The molecule has 5 nitrogen and oxygen atoms in total. The van der Waals surface area contributed by atoms with Gasteiger partial charge in [0, 0.05) is 13.2 Å². The van der Waals surface area contributed by atoms with E-state index in [0.717, 1.165) is 25.8 Å². The van der Waals surface area contributed by atoms with Crippen molar-refractivity contribution in [2.24, 2.45) is 5.92 Å². The van der Waals surface area contributed by atoms with Gasteiger partial charge >= 0.3 is 0 Å². The summed E-state index contributed by atoms with van der Waals surface area (Å²) in [5.74, 6) is 0.493. The highest BCUT2D eigenvalue weighted by Gasteiger charge is 2.43. The average Bonchev–Trinajstić information content (AvgIpc) is 2.44. The standard InChI is InChI=1S/C15H26N2O3/c1-4-20-10-13(11(2)3)17-9-14(18)16-8-6-5-7-12(16)15(17)19/h11-13H,4-10H2,1-3H3. The van der Waals surface area contributed by atoms with Gasteiger partial charge in [0.2, 0.25) is 11.8 Å². The third-order valence-electron chi connectivity index (χ3n) is 4.36. The van der Waals surface area contributed by atoms with E-state index in [1.807, 2.05) is 6.92 Å². The number of ether oxygens (including phenoxy) is 1. The Hall–Kier alpha value is -1.10. The van der Waals surface area contributed by atoms with E-state index in [1.165, 1.54) is 0 Å². The maximum atomic E-state index is 12.7. The van der Waals surface area contributed by atoms with Crippen molar-refractivity contribution in [3.63, 3.8) is 0 Å². The molecule has 0 saturated carbocycles. The fourth-order valence-corrected chi connectivity index (χ4v) is 3.15. The molecule has 0 bridgehead atoms. The highest BCUT2D eigenvalue weighted by atomic mass is 16.5. The van der Waals surface area contributed by atoms with E-state index in [2.05, 4.69) is 13.8 Å². The SMILES string of the molecule is CCOCC(C(C)C)N1CC(=O)N2CCCCC2C1=O. The molecule has 0 spiro atoms. The molecule has 2 aliphatic heterocycles. The van der Waals surface area contributed by atoms with Crippen molar-refractivity contribution in [3.05, 3.63) is 0 Å². The van der Waals surface area contributed by atoms with E-state index < -0.39 is 0 Å². The van der Waals surface area contributed by atoms with Crippen molar-refractivity contribution in [1.29, 1.82) is 0 Å².